The van der Waals surface area contributed by atoms with Crippen LogP contribution in [0.4, 0.5) is 0 Å². The van der Waals surface area contributed by atoms with E-state index in [1.54, 1.807) is 0 Å². The van der Waals surface area contributed by atoms with E-state index in [1.165, 1.54) is 0 Å². The molecule has 0 amide bonds. The second-order valence-electron chi connectivity index (χ2n) is 7.57. The molecule has 5 heteroatoms. The molecule has 0 saturated heterocycles. The Morgan fingerprint density at radius 2 is 1.28 bits per heavy atom. The fraction of sp³-hybridized carbons (Fsp3) is 0.900. The smallest absolute Gasteiger partial charge is 0.311 e. The highest BCUT2D eigenvalue weighted by Crippen LogP contribution is 2.24. The van der Waals surface area contributed by atoms with Crippen molar-refractivity contribution in [3.05, 3.63) is 0 Å². The van der Waals surface area contributed by atoms with Gasteiger partial charge in [-0.3, -0.25) is 9.59 Å². The summed E-state index contributed by atoms with van der Waals surface area (Å²) in [5, 5.41) is 8.48. The van der Waals surface area contributed by atoms with Gasteiger partial charge in [0.15, 0.2) is 0 Å². The van der Waals surface area contributed by atoms with Crippen molar-refractivity contribution in [2.75, 3.05) is 19.8 Å². The van der Waals surface area contributed by atoms with Crippen LogP contribution in [0.3, 0.4) is 0 Å². The number of esters is 2. The molecule has 0 radical (unpaired) electrons. The van der Waals surface area contributed by atoms with Gasteiger partial charge >= 0.3 is 11.9 Å². The van der Waals surface area contributed by atoms with Gasteiger partial charge in [-0.05, 0) is 47.0 Å². The van der Waals surface area contributed by atoms with Crippen molar-refractivity contribution in [3.8, 4) is 0 Å². The van der Waals surface area contributed by atoms with Crippen molar-refractivity contribution < 1.29 is 24.2 Å². The maximum absolute atomic E-state index is 11.4. The van der Waals surface area contributed by atoms with Gasteiger partial charge in [-0.25, -0.2) is 0 Å². The lowest BCUT2D eigenvalue weighted by Crippen LogP contribution is -2.27. The molecule has 0 heterocycles. The standard InChI is InChI=1S/C10H20O3.C10H20O2/c1-4-5-6-10(2,3)9(12)13-8-7-11;1-5-7-8-12-9(11)10(3,4)6-2/h11H,4-8H2,1-3H3;5-8H2,1-4H3. The Kier molecular flexibility index (Phi) is 14.7. The van der Waals surface area contributed by atoms with Gasteiger partial charge in [-0.15, -0.1) is 0 Å². The monoisotopic (exact) mass is 360 g/mol. The first-order valence-electron chi connectivity index (χ1n) is 9.54. The molecular formula is C20H40O5. The van der Waals surface area contributed by atoms with Gasteiger partial charge in [0, 0.05) is 0 Å². The van der Waals surface area contributed by atoms with Crippen LogP contribution < -0.4 is 0 Å². The van der Waals surface area contributed by atoms with Crippen molar-refractivity contribution in [3.63, 3.8) is 0 Å². The molecule has 0 aromatic rings. The van der Waals surface area contributed by atoms with E-state index in [-0.39, 0.29) is 30.6 Å². The van der Waals surface area contributed by atoms with Crippen LogP contribution in [0.25, 0.3) is 0 Å². The quantitative estimate of drug-likeness (QED) is 0.434. The first-order chi connectivity index (χ1) is 11.6. The SMILES string of the molecule is CCCCC(C)(C)C(=O)OCCO.CCCCOC(=O)C(C)(C)CC. The van der Waals surface area contributed by atoms with E-state index in [0.717, 1.165) is 38.5 Å². The third-order valence-corrected chi connectivity index (χ3v) is 4.20. The highest BCUT2D eigenvalue weighted by Gasteiger charge is 2.28. The fourth-order valence-electron chi connectivity index (χ4n) is 1.70. The molecule has 0 aliphatic rings. The molecule has 0 spiro atoms. The summed E-state index contributed by atoms with van der Waals surface area (Å²) in [6.07, 6.45) is 5.81. The molecule has 0 unspecified atom stereocenters. The first-order valence-corrected chi connectivity index (χ1v) is 9.54. The van der Waals surface area contributed by atoms with Gasteiger partial charge in [-0.2, -0.15) is 0 Å². The second-order valence-corrected chi connectivity index (χ2v) is 7.57. The second kappa shape index (κ2) is 14.1. The molecule has 1 N–H and O–H groups in total. The molecule has 0 aromatic heterocycles. The van der Waals surface area contributed by atoms with Crippen LogP contribution in [0.1, 0.15) is 87.0 Å². The maximum atomic E-state index is 11.4. The summed E-state index contributed by atoms with van der Waals surface area (Å²) in [5.74, 6) is -0.284. The zero-order chi connectivity index (χ0) is 19.9. The number of carbonyl (C=O) groups excluding carboxylic acids is 2. The molecule has 0 aliphatic heterocycles. The summed E-state index contributed by atoms with van der Waals surface area (Å²) < 4.78 is 9.96. The largest absolute Gasteiger partial charge is 0.465 e. The Balaban J connectivity index is 0. The lowest BCUT2D eigenvalue weighted by molar-refractivity contribution is -0.155. The van der Waals surface area contributed by atoms with E-state index in [9.17, 15) is 9.59 Å². The van der Waals surface area contributed by atoms with E-state index in [2.05, 4.69) is 13.8 Å². The molecule has 0 bridgehead atoms. The van der Waals surface area contributed by atoms with Crippen LogP contribution in [0, 0.1) is 10.8 Å². The summed E-state index contributed by atoms with van der Waals surface area (Å²) in [6.45, 7) is 14.3. The predicted molar refractivity (Wildman–Crippen MR) is 101 cm³/mol. The maximum Gasteiger partial charge on any atom is 0.311 e. The number of hydrogen-bond acceptors (Lipinski definition) is 5. The number of aliphatic hydroxyl groups is 1. The Morgan fingerprint density at radius 3 is 1.72 bits per heavy atom. The minimum atomic E-state index is -0.412. The van der Waals surface area contributed by atoms with Gasteiger partial charge in [-0.1, -0.05) is 40.0 Å². The number of unbranched alkanes of at least 4 members (excludes halogenated alkanes) is 2. The molecule has 0 aliphatic carbocycles. The number of carbonyl (C=O) groups is 2. The van der Waals surface area contributed by atoms with E-state index in [4.69, 9.17) is 14.6 Å². The normalized spacial score (nSPS) is 11.4. The van der Waals surface area contributed by atoms with Gasteiger partial charge in [0.2, 0.25) is 0 Å². The Morgan fingerprint density at radius 1 is 0.800 bits per heavy atom. The number of rotatable bonds is 11. The summed E-state index contributed by atoms with van der Waals surface area (Å²) in [6, 6.07) is 0. The molecule has 0 aromatic carbocycles. The number of ether oxygens (including phenoxy) is 2. The van der Waals surface area contributed by atoms with Crippen LogP contribution >= 0.6 is 0 Å². The van der Waals surface area contributed by atoms with Crippen molar-refractivity contribution in [2.45, 2.75) is 87.0 Å². The molecule has 25 heavy (non-hydrogen) atoms. The molecule has 0 rings (SSSR count). The van der Waals surface area contributed by atoms with Crippen LogP contribution in [0.5, 0.6) is 0 Å². The van der Waals surface area contributed by atoms with Crippen molar-refractivity contribution in [2.24, 2.45) is 10.8 Å². The minimum absolute atomic E-state index is 0.0709. The van der Waals surface area contributed by atoms with Gasteiger partial charge in [0.1, 0.15) is 6.61 Å². The lowest BCUT2D eigenvalue weighted by atomic mass is 9.87. The van der Waals surface area contributed by atoms with Crippen LogP contribution in [0.15, 0.2) is 0 Å². The number of hydrogen-bond donors (Lipinski definition) is 1. The summed E-state index contributed by atoms with van der Waals surface area (Å²) >= 11 is 0. The van der Waals surface area contributed by atoms with Gasteiger partial charge in [0.25, 0.3) is 0 Å². The molecule has 0 atom stereocenters. The highest BCUT2D eigenvalue weighted by atomic mass is 16.5. The molecule has 0 saturated carbocycles. The third-order valence-electron chi connectivity index (χ3n) is 4.20. The average molecular weight is 361 g/mol. The van der Waals surface area contributed by atoms with E-state index >= 15 is 0 Å². The zero-order valence-corrected chi connectivity index (χ0v) is 17.4. The van der Waals surface area contributed by atoms with Crippen LogP contribution in [-0.4, -0.2) is 36.9 Å². The minimum Gasteiger partial charge on any atom is -0.465 e. The van der Waals surface area contributed by atoms with Crippen molar-refractivity contribution in [1.82, 2.24) is 0 Å². The van der Waals surface area contributed by atoms with Crippen LogP contribution in [-0.2, 0) is 19.1 Å². The van der Waals surface area contributed by atoms with Crippen LogP contribution in [0.2, 0.25) is 0 Å². The zero-order valence-electron chi connectivity index (χ0n) is 17.4. The number of aliphatic hydroxyl groups excluding tert-OH is 1. The first kappa shape index (κ1) is 26.1. The predicted octanol–water partition coefficient (Wildman–Crippen LogP) is 4.50. The van der Waals surface area contributed by atoms with Crippen molar-refractivity contribution in [1.29, 1.82) is 0 Å². The topological polar surface area (TPSA) is 72.8 Å². The fourth-order valence-corrected chi connectivity index (χ4v) is 1.70. The Hall–Kier alpha value is -1.10. The Bertz CT molecular complexity index is 361. The highest BCUT2D eigenvalue weighted by molar-refractivity contribution is 5.76. The van der Waals surface area contributed by atoms with E-state index in [0.29, 0.717) is 6.61 Å². The summed E-state index contributed by atoms with van der Waals surface area (Å²) in [7, 11) is 0. The van der Waals surface area contributed by atoms with E-state index < -0.39 is 5.41 Å². The lowest BCUT2D eigenvalue weighted by Gasteiger charge is -2.21. The average Bonchev–Trinajstić information content (AvgIpc) is 2.58. The van der Waals surface area contributed by atoms with Gasteiger partial charge in [0.05, 0.1) is 24.0 Å². The summed E-state index contributed by atoms with van der Waals surface area (Å²) in [4.78, 5) is 22.7. The molecule has 0 fully saturated rings. The molecule has 5 nitrogen and oxygen atoms in total. The van der Waals surface area contributed by atoms with Gasteiger partial charge < -0.3 is 14.6 Å². The van der Waals surface area contributed by atoms with Crippen molar-refractivity contribution >= 4 is 11.9 Å². The Labute approximate surface area is 154 Å². The van der Waals surface area contributed by atoms with E-state index in [1.807, 2.05) is 34.6 Å². The molecular weight excluding hydrogens is 320 g/mol. The molecule has 150 valence electrons. The third kappa shape index (κ3) is 12.9. The summed E-state index contributed by atoms with van der Waals surface area (Å²) in [5.41, 5.74) is -0.723.